The Morgan fingerprint density at radius 3 is 2.48 bits per heavy atom. The Balaban J connectivity index is 1.95. The van der Waals surface area contributed by atoms with Crippen molar-refractivity contribution in [2.45, 2.75) is 19.9 Å². The fourth-order valence-electron chi connectivity index (χ4n) is 2.02. The summed E-state index contributed by atoms with van der Waals surface area (Å²) in [5, 5.41) is 3.81. The van der Waals surface area contributed by atoms with E-state index in [9.17, 15) is 4.39 Å². The van der Waals surface area contributed by atoms with E-state index in [2.05, 4.69) is 24.4 Å². The molecule has 0 aliphatic carbocycles. The Labute approximate surface area is 130 Å². The molecular weight excluding hydrogens is 283 g/mol. The van der Waals surface area contributed by atoms with Crippen LogP contribution in [0.2, 0.25) is 0 Å². The molecule has 0 heterocycles. The van der Waals surface area contributed by atoms with Gasteiger partial charge >= 0.3 is 0 Å². The summed E-state index contributed by atoms with van der Waals surface area (Å²) in [6.07, 6.45) is 1.02. The summed E-state index contributed by atoms with van der Waals surface area (Å²) in [7, 11) is 1.89. The molecular formula is C17H19FN2S. The molecule has 0 fully saturated rings. The van der Waals surface area contributed by atoms with Gasteiger partial charge in [-0.2, -0.15) is 0 Å². The van der Waals surface area contributed by atoms with Gasteiger partial charge in [0, 0.05) is 19.3 Å². The standard InChI is InChI=1S/C17H19FN2S/c1-3-13-7-9-16(10-8-13)19-17(21)20(2)12-14-5-4-6-15(18)11-14/h4-11H,3,12H2,1-2H3,(H,19,21). The maximum Gasteiger partial charge on any atom is 0.173 e. The van der Waals surface area contributed by atoms with E-state index < -0.39 is 0 Å². The fourth-order valence-corrected chi connectivity index (χ4v) is 2.21. The van der Waals surface area contributed by atoms with Crippen LogP contribution in [0.3, 0.4) is 0 Å². The molecule has 0 spiro atoms. The number of rotatable bonds is 4. The molecule has 0 unspecified atom stereocenters. The summed E-state index contributed by atoms with van der Waals surface area (Å²) >= 11 is 5.37. The number of anilines is 1. The Morgan fingerprint density at radius 2 is 1.86 bits per heavy atom. The molecule has 1 N–H and O–H groups in total. The van der Waals surface area contributed by atoms with Crippen LogP contribution in [0.4, 0.5) is 10.1 Å². The van der Waals surface area contributed by atoms with Crippen molar-refractivity contribution in [2.24, 2.45) is 0 Å². The summed E-state index contributed by atoms with van der Waals surface area (Å²) in [6, 6.07) is 14.7. The molecule has 0 saturated heterocycles. The molecule has 2 aromatic rings. The fraction of sp³-hybridized carbons (Fsp3) is 0.235. The van der Waals surface area contributed by atoms with E-state index in [0.29, 0.717) is 11.7 Å². The Hall–Kier alpha value is -1.94. The van der Waals surface area contributed by atoms with Crippen LogP contribution in [0.25, 0.3) is 0 Å². The van der Waals surface area contributed by atoms with Crippen LogP contribution in [0.1, 0.15) is 18.1 Å². The number of nitrogens with one attached hydrogen (secondary N) is 1. The van der Waals surface area contributed by atoms with Crippen molar-refractivity contribution in [3.63, 3.8) is 0 Å². The highest BCUT2D eigenvalue weighted by atomic mass is 32.1. The molecule has 0 aliphatic heterocycles. The van der Waals surface area contributed by atoms with Gasteiger partial charge in [-0.3, -0.25) is 0 Å². The SMILES string of the molecule is CCc1ccc(NC(=S)N(C)Cc2cccc(F)c2)cc1. The third kappa shape index (κ3) is 4.53. The first-order chi connectivity index (χ1) is 10.1. The lowest BCUT2D eigenvalue weighted by Gasteiger charge is -2.21. The van der Waals surface area contributed by atoms with E-state index in [-0.39, 0.29) is 5.82 Å². The molecule has 0 aromatic heterocycles. The topological polar surface area (TPSA) is 15.3 Å². The predicted octanol–water partition coefficient (Wildman–Crippen LogP) is 4.22. The zero-order valence-electron chi connectivity index (χ0n) is 12.3. The van der Waals surface area contributed by atoms with Gasteiger partial charge in [-0.15, -0.1) is 0 Å². The van der Waals surface area contributed by atoms with Crippen LogP contribution in [-0.2, 0) is 13.0 Å². The highest BCUT2D eigenvalue weighted by molar-refractivity contribution is 7.80. The highest BCUT2D eigenvalue weighted by Crippen LogP contribution is 2.12. The van der Waals surface area contributed by atoms with Crippen molar-refractivity contribution in [2.75, 3.05) is 12.4 Å². The molecule has 0 aliphatic rings. The first kappa shape index (κ1) is 15.4. The minimum Gasteiger partial charge on any atom is -0.348 e. The van der Waals surface area contributed by atoms with Gasteiger partial charge in [0.15, 0.2) is 5.11 Å². The van der Waals surface area contributed by atoms with Crippen LogP contribution in [0.15, 0.2) is 48.5 Å². The summed E-state index contributed by atoms with van der Waals surface area (Å²) in [5.74, 6) is -0.227. The quantitative estimate of drug-likeness (QED) is 0.851. The van der Waals surface area contributed by atoms with Crippen LogP contribution >= 0.6 is 12.2 Å². The number of hydrogen-bond donors (Lipinski definition) is 1. The van der Waals surface area contributed by atoms with Crippen molar-refractivity contribution in [3.05, 3.63) is 65.5 Å². The lowest BCUT2D eigenvalue weighted by atomic mass is 10.1. The van der Waals surface area contributed by atoms with E-state index in [1.165, 1.54) is 17.7 Å². The average Bonchev–Trinajstić information content (AvgIpc) is 2.48. The second kappa shape index (κ2) is 7.18. The Bertz CT molecular complexity index is 610. The van der Waals surface area contributed by atoms with E-state index in [1.54, 1.807) is 6.07 Å². The number of nitrogens with zero attached hydrogens (tertiary/aromatic N) is 1. The first-order valence-electron chi connectivity index (χ1n) is 6.94. The van der Waals surface area contributed by atoms with Crippen molar-refractivity contribution in [3.8, 4) is 0 Å². The molecule has 0 atom stereocenters. The molecule has 2 rings (SSSR count). The molecule has 0 saturated carbocycles. The largest absolute Gasteiger partial charge is 0.348 e. The van der Waals surface area contributed by atoms with Gasteiger partial charge < -0.3 is 10.2 Å². The maximum atomic E-state index is 13.2. The van der Waals surface area contributed by atoms with Crippen molar-refractivity contribution < 1.29 is 4.39 Å². The normalized spacial score (nSPS) is 10.2. The van der Waals surface area contributed by atoms with E-state index in [1.807, 2.05) is 30.1 Å². The van der Waals surface area contributed by atoms with Gasteiger partial charge in [0.25, 0.3) is 0 Å². The average molecular weight is 302 g/mol. The van der Waals surface area contributed by atoms with Crippen molar-refractivity contribution in [1.82, 2.24) is 4.90 Å². The molecule has 4 heteroatoms. The smallest absolute Gasteiger partial charge is 0.173 e. The van der Waals surface area contributed by atoms with Gasteiger partial charge in [0.1, 0.15) is 5.82 Å². The van der Waals surface area contributed by atoms with Crippen LogP contribution in [0, 0.1) is 5.82 Å². The minimum absolute atomic E-state index is 0.227. The minimum atomic E-state index is -0.227. The summed E-state index contributed by atoms with van der Waals surface area (Å²) in [6.45, 7) is 2.69. The molecule has 0 bridgehead atoms. The van der Waals surface area contributed by atoms with E-state index in [4.69, 9.17) is 12.2 Å². The lowest BCUT2D eigenvalue weighted by molar-refractivity contribution is 0.505. The van der Waals surface area contributed by atoms with E-state index in [0.717, 1.165) is 17.7 Å². The highest BCUT2D eigenvalue weighted by Gasteiger charge is 2.06. The third-order valence-corrected chi connectivity index (χ3v) is 3.68. The molecule has 2 aromatic carbocycles. The zero-order valence-corrected chi connectivity index (χ0v) is 13.1. The number of halogens is 1. The lowest BCUT2D eigenvalue weighted by Crippen LogP contribution is -2.30. The molecule has 110 valence electrons. The predicted molar refractivity (Wildman–Crippen MR) is 89.9 cm³/mol. The second-order valence-corrected chi connectivity index (χ2v) is 5.35. The zero-order chi connectivity index (χ0) is 15.2. The number of hydrogen-bond acceptors (Lipinski definition) is 1. The third-order valence-electron chi connectivity index (χ3n) is 3.27. The van der Waals surface area contributed by atoms with Crippen LogP contribution in [-0.4, -0.2) is 17.1 Å². The van der Waals surface area contributed by atoms with Crippen LogP contribution < -0.4 is 5.32 Å². The van der Waals surface area contributed by atoms with Crippen molar-refractivity contribution >= 4 is 23.0 Å². The molecule has 2 nitrogen and oxygen atoms in total. The van der Waals surface area contributed by atoms with E-state index >= 15 is 0 Å². The molecule has 0 amide bonds. The van der Waals surface area contributed by atoms with Crippen molar-refractivity contribution in [1.29, 1.82) is 0 Å². The number of aryl methyl sites for hydroxylation is 1. The van der Waals surface area contributed by atoms with Gasteiger partial charge in [-0.25, -0.2) is 4.39 Å². The Kier molecular flexibility index (Phi) is 5.28. The maximum absolute atomic E-state index is 13.2. The summed E-state index contributed by atoms with van der Waals surface area (Å²) < 4.78 is 13.2. The van der Waals surface area contributed by atoms with Gasteiger partial charge in [-0.1, -0.05) is 31.2 Å². The Morgan fingerprint density at radius 1 is 1.14 bits per heavy atom. The monoisotopic (exact) mass is 302 g/mol. The van der Waals surface area contributed by atoms with Gasteiger partial charge in [-0.05, 0) is 54.0 Å². The number of benzene rings is 2. The second-order valence-electron chi connectivity index (χ2n) is 4.97. The van der Waals surface area contributed by atoms with Gasteiger partial charge in [0.2, 0.25) is 0 Å². The number of thiocarbonyl (C=S) groups is 1. The molecule has 21 heavy (non-hydrogen) atoms. The van der Waals surface area contributed by atoms with Crippen LogP contribution in [0.5, 0.6) is 0 Å². The van der Waals surface area contributed by atoms with Gasteiger partial charge in [0.05, 0.1) is 0 Å². The summed E-state index contributed by atoms with van der Waals surface area (Å²) in [5.41, 5.74) is 3.14. The molecule has 0 radical (unpaired) electrons. The first-order valence-corrected chi connectivity index (χ1v) is 7.35. The summed E-state index contributed by atoms with van der Waals surface area (Å²) in [4.78, 5) is 1.89.